The van der Waals surface area contributed by atoms with Gasteiger partial charge in [-0.2, -0.15) is 5.10 Å². The Morgan fingerprint density at radius 1 is 1.00 bits per heavy atom. The van der Waals surface area contributed by atoms with Gasteiger partial charge in [0.1, 0.15) is 17.7 Å². The van der Waals surface area contributed by atoms with Gasteiger partial charge in [-0.05, 0) is 24.3 Å². The van der Waals surface area contributed by atoms with Crippen molar-refractivity contribution in [3.8, 4) is 0 Å². The zero-order valence-electron chi connectivity index (χ0n) is 13.8. The zero-order valence-corrected chi connectivity index (χ0v) is 14.6. The third-order valence-electron chi connectivity index (χ3n) is 4.52. The van der Waals surface area contributed by atoms with E-state index in [0.717, 1.165) is 4.90 Å². The molecule has 0 aromatic heterocycles. The van der Waals surface area contributed by atoms with Crippen molar-refractivity contribution in [2.24, 2.45) is 11.0 Å². The highest BCUT2D eigenvalue weighted by Crippen LogP contribution is 2.39. The van der Waals surface area contributed by atoms with Gasteiger partial charge in [0.05, 0.1) is 16.4 Å². The number of amides is 2. The van der Waals surface area contributed by atoms with Crippen LogP contribution < -0.4 is 9.91 Å². The fourth-order valence-corrected chi connectivity index (χ4v) is 3.59. The molecule has 0 spiro atoms. The summed E-state index contributed by atoms with van der Waals surface area (Å²) in [6.45, 7) is 1.34. The number of imide groups is 1. The molecule has 4 rings (SSSR count). The minimum absolute atomic E-state index is 0.0756. The first-order valence-corrected chi connectivity index (χ1v) is 8.44. The lowest BCUT2D eigenvalue weighted by molar-refractivity contribution is -0.122. The molecule has 2 amide bonds. The number of para-hydroxylation sites is 2. The van der Waals surface area contributed by atoms with E-state index in [4.69, 9.17) is 11.6 Å². The van der Waals surface area contributed by atoms with Crippen LogP contribution in [0.25, 0.3) is 0 Å². The van der Waals surface area contributed by atoms with Crippen molar-refractivity contribution < 1.29 is 14.4 Å². The van der Waals surface area contributed by atoms with Crippen LogP contribution in [0.3, 0.4) is 0 Å². The number of hydrazone groups is 1. The molecule has 2 atom stereocenters. The molecule has 0 N–H and O–H groups in total. The molecular weight excluding hydrogens is 354 g/mol. The first-order valence-electron chi connectivity index (χ1n) is 8.06. The summed E-state index contributed by atoms with van der Waals surface area (Å²) < 4.78 is 0. The smallest absolute Gasteiger partial charge is 0.259 e. The molecule has 0 unspecified atom stereocenters. The van der Waals surface area contributed by atoms with Crippen molar-refractivity contribution in [1.29, 1.82) is 0 Å². The number of hydrogen-bond donors (Lipinski definition) is 0. The summed E-state index contributed by atoms with van der Waals surface area (Å²) >= 11 is 6.25. The van der Waals surface area contributed by atoms with Crippen molar-refractivity contribution >= 4 is 46.3 Å². The second-order valence-electron chi connectivity index (χ2n) is 6.11. The van der Waals surface area contributed by atoms with Crippen molar-refractivity contribution in [3.05, 3.63) is 59.6 Å². The van der Waals surface area contributed by atoms with Crippen LogP contribution in [0, 0.1) is 5.92 Å². The SMILES string of the molecule is CC(=O)C1=NN(c2ccccc2Cl)[C@H]2C(=O)N(c3ccccc3)C(=O)[C@H]12. The molecule has 1 fully saturated rings. The second-order valence-corrected chi connectivity index (χ2v) is 6.51. The number of halogens is 1. The summed E-state index contributed by atoms with van der Waals surface area (Å²) in [7, 11) is 0. The normalized spacial score (nSPS) is 21.8. The van der Waals surface area contributed by atoms with Gasteiger partial charge in [0, 0.05) is 6.92 Å². The number of hydrogen-bond acceptors (Lipinski definition) is 5. The second kappa shape index (κ2) is 6.07. The predicted octanol–water partition coefficient (Wildman–Crippen LogP) is 2.66. The largest absolute Gasteiger partial charge is 0.293 e. The molecular formula is C19H14ClN3O3. The van der Waals surface area contributed by atoms with Gasteiger partial charge < -0.3 is 0 Å². The lowest BCUT2D eigenvalue weighted by atomic mass is 9.95. The number of carbonyl (C=O) groups is 3. The van der Waals surface area contributed by atoms with Crippen molar-refractivity contribution in [1.82, 2.24) is 0 Å². The number of nitrogens with zero attached hydrogens (tertiary/aromatic N) is 3. The van der Waals surface area contributed by atoms with Crippen LogP contribution in [0.2, 0.25) is 5.02 Å². The molecule has 6 nitrogen and oxygen atoms in total. The van der Waals surface area contributed by atoms with Crippen LogP contribution in [0.15, 0.2) is 59.7 Å². The monoisotopic (exact) mass is 367 g/mol. The Bertz CT molecular complexity index is 958. The third-order valence-corrected chi connectivity index (χ3v) is 4.84. The van der Waals surface area contributed by atoms with Crippen molar-refractivity contribution in [3.63, 3.8) is 0 Å². The molecule has 130 valence electrons. The maximum atomic E-state index is 13.1. The number of carbonyl (C=O) groups excluding carboxylic acids is 3. The van der Waals surface area contributed by atoms with Crippen LogP contribution in [0.4, 0.5) is 11.4 Å². The van der Waals surface area contributed by atoms with E-state index in [9.17, 15) is 14.4 Å². The van der Waals surface area contributed by atoms with Crippen molar-refractivity contribution in [2.45, 2.75) is 13.0 Å². The topological polar surface area (TPSA) is 70.1 Å². The number of ketones is 1. The molecule has 0 aliphatic carbocycles. The highest BCUT2D eigenvalue weighted by molar-refractivity contribution is 6.49. The summed E-state index contributed by atoms with van der Waals surface area (Å²) in [6, 6.07) is 14.6. The Kier molecular flexibility index (Phi) is 3.85. The highest BCUT2D eigenvalue weighted by Gasteiger charge is 2.58. The number of Topliss-reactive ketones (excluding diaryl/α,β-unsaturated/α-hetero) is 1. The van der Waals surface area contributed by atoms with Gasteiger partial charge in [0.2, 0.25) is 5.91 Å². The van der Waals surface area contributed by atoms with Crippen LogP contribution >= 0.6 is 11.6 Å². The molecule has 0 bridgehead atoms. The number of anilines is 2. The van der Waals surface area contributed by atoms with Gasteiger partial charge in [0.25, 0.3) is 5.91 Å². The fraction of sp³-hybridized carbons (Fsp3) is 0.158. The lowest BCUT2D eigenvalue weighted by Gasteiger charge is -2.22. The molecule has 7 heteroatoms. The quantitative estimate of drug-likeness (QED) is 0.782. The van der Waals surface area contributed by atoms with E-state index in [0.29, 0.717) is 16.4 Å². The van der Waals surface area contributed by atoms with Crippen molar-refractivity contribution in [2.75, 3.05) is 9.91 Å². The number of rotatable bonds is 3. The molecule has 2 aromatic carbocycles. The number of benzene rings is 2. The van der Waals surface area contributed by atoms with Crippen LogP contribution in [-0.2, 0) is 14.4 Å². The van der Waals surface area contributed by atoms with E-state index in [1.165, 1.54) is 11.9 Å². The Labute approximate surface area is 154 Å². The highest BCUT2D eigenvalue weighted by atomic mass is 35.5. The molecule has 2 aliphatic heterocycles. The van der Waals surface area contributed by atoms with Gasteiger partial charge in [-0.15, -0.1) is 0 Å². The molecule has 2 heterocycles. The Morgan fingerprint density at radius 2 is 1.65 bits per heavy atom. The van der Waals surface area contributed by atoms with Crippen LogP contribution in [0.5, 0.6) is 0 Å². The Hall–Kier alpha value is -2.99. The molecule has 26 heavy (non-hydrogen) atoms. The zero-order chi connectivity index (χ0) is 18.4. The fourth-order valence-electron chi connectivity index (χ4n) is 3.37. The predicted molar refractivity (Wildman–Crippen MR) is 98.3 cm³/mol. The maximum Gasteiger partial charge on any atom is 0.259 e. The van der Waals surface area contributed by atoms with E-state index in [1.54, 1.807) is 54.6 Å². The van der Waals surface area contributed by atoms with E-state index >= 15 is 0 Å². The molecule has 0 saturated carbocycles. The molecule has 2 aromatic rings. The summed E-state index contributed by atoms with van der Waals surface area (Å²) in [5.41, 5.74) is 1.03. The average Bonchev–Trinajstić information content (AvgIpc) is 3.14. The van der Waals surface area contributed by atoms with E-state index in [2.05, 4.69) is 5.10 Å². The minimum Gasteiger partial charge on any atom is -0.293 e. The van der Waals surface area contributed by atoms with Crippen LogP contribution in [-0.4, -0.2) is 29.4 Å². The first kappa shape index (κ1) is 16.5. The lowest BCUT2D eigenvalue weighted by Crippen LogP contribution is -2.39. The van der Waals surface area contributed by atoms with E-state index < -0.39 is 23.8 Å². The summed E-state index contributed by atoms with van der Waals surface area (Å²) in [5, 5.41) is 6.06. The molecule has 1 saturated heterocycles. The molecule has 2 aliphatic rings. The summed E-state index contributed by atoms with van der Waals surface area (Å²) in [6.07, 6.45) is 0. The first-order chi connectivity index (χ1) is 12.5. The minimum atomic E-state index is -0.934. The molecule has 0 radical (unpaired) electrons. The third kappa shape index (κ3) is 2.34. The van der Waals surface area contributed by atoms with E-state index in [1.807, 2.05) is 0 Å². The average molecular weight is 368 g/mol. The van der Waals surface area contributed by atoms with Gasteiger partial charge in [-0.3, -0.25) is 14.4 Å². The maximum absolute atomic E-state index is 13.1. The number of fused-ring (bicyclic) bond motifs is 1. The van der Waals surface area contributed by atoms with Gasteiger partial charge in [-0.1, -0.05) is 41.9 Å². The Morgan fingerprint density at radius 3 is 2.31 bits per heavy atom. The summed E-state index contributed by atoms with van der Waals surface area (Å²) in [4.78, 5) is 39.3. The van der Waals surface area contributed by atoms with Crippen LogP contribution in [0.1, 0.15) is 6.92 Å². The Balaban J connectivity index is 1.83. The van der Waals surface area contributed by atoms with E-state index in [-0.39, 0.29) is 11.5 Å². The van der Waals surface area contributed by atoms with Gasteiger partial charge in [0.15, 0.2) is 5.78 Å². The van der Waals surface area contributed by atoms with Gasteiger partial charge >= 0.3 is 0 Å². The summed E-state index contributed by atoms with van der Waals surface area (Å²) in [5.74, 6) is -2.15. The van der Waals surface area contributed by atoms with Gasteiger partial charge in [-0.25, -0.2) is 9.91 Å². The standard InChI is InChI=1S/C19H14ClN3O3/c1-11(24)16-15-17(23(21-16)14-10-6-5-9-13(14)20)19(26)22(18(15)25)12-7-3-2-4-8-12/h2-10,15,17H,1H3/t15-,17-/m1/s1.